The number of hydrogen-bond acceptors (Lipinski definition) is 3. The van der Waals surface area contributed by atoms with E-state index >= 15 is 0 Å². The van der Waals surface area contributed by atoms with Crippen LogP contribution in [0.1, 0.15) is 41.6 Å². The third-order valence-corrected chi connectivity index (χ3v) is 3.93. The number of nitrogens with one attached hydrogen (secondary N) is 1. The highest BCUT2D eigenvalue weighted by molar-refractivity contribution is 5.87. The van der Waals surface area contributed by atoms with Crippen LogP contribution < -0.4 is 11.1 Å². The first kappa shape index (κ1) is 14.5. The van der Waals surface area contributed by atoms with Crippen molar-refractivity contribution in [2.45, 2.75) is 38.3 Å². The van der Waals surface area contributed by atoms with Crippen LogP contribution in [0.25, 0.3) is 0 Å². The molecular formula is C15H20N2O3. The number of hydrogen-bond donors (Lipinski definition) is 3. The topological polar surface area (TPSA) is 92.4 Å². The summed E-state index contributed by atoms with van der Waals surface area (Å²) in [7, 11) is 0. The molecular weight excluding hydrogens is 256 g/mol. The smallest absolute Gasteiger partial charge is 0.335 e. The van der Waals surface area contributed by atoms with Gasteiger partial charge in [-0.05, 0) is 43.4 Å². The molecule has 0 spiro atoms. The lowest BCUT2D eigenvalue weighted by molar-refractivity contribution is -0.122. The van der Waals surface area contributed by atoms with E-state index in [4.69, 9.17) is 10.8 Å². The predicted octanol–water partition coefficient (Wildman–Crippen LogP) is 1.52. The molecule has 0 bridgehead atoms. The number of carboxylic acid groups (broad SMARTS) is 1. The molecule has 0 unspecified atom stereocenters. The second-order valence-electron chi connectivity index (χ2n) is 5.33. The van der Waals surface area contributed by atoms with Gasteiger partial charge in [-0.2, -0.15) is 0 Å². The molecule has 1 amide bonds. The molecule has 0 radical (unpaired) electrons. The lowest BCUT2D eigenvalue weighted by atomic mass is 9.85. The molecule has 5 heteroatoms. The third-order valence-electron chi connectivity index (χ3n) is 3.93. The Bertz CT molecular complexity index is 476. The Morgan fingerprint density at radius 2 is 1.75 bits per heavy atom. The van der Waals surface area contributed by atoms with Gasteiger partial charge in [-0.3, -0.25) is 4.79 Å². The zero-order valence-corrected chi connectivity index (χ0v) is 11.3. The molecule has 1 aliphatic rings. The van der Waals surface area contributed by atoms with E-state index in [0.717, 1.165) is 31.2 Å². The molecule has 1 aromatic rings. The summed E-state index contributed by atoms with van der Waals surface area (Å²) in [6.45, 7) is 0.714. The van der Waals surface area contributed by atoms with E-state index in [9.17, 15) is 9.59 Å². The van der Waals surface area contributed by atoms with Gasteiger partial charge in [0.15, 0.2) is 0 Å². The first-order valence-electron chi connectivity index (χ1n) is 6.91. The standard InChI is InChI=1S/C15H20N2O3/c16-14(18)11-5-7-13(8-6-11)17-9-10-1-3-12(4-2-10)15(19)20/h1-4,11,13,17H,5-9H2,(H2,16,18)(H,19,20). The summed E-state index contributed by atoms with van der Waals surface area (Å²) in [4.78, 5) is 21.8. The maximum atomic E-state index is 11.1. The first-order chi connectivity index (χ1) is 9.56. The summed E-state index contributed by atoms with van der Waals surface area (Å²) in [5.74, 6) is -1.06. The number of amides is 1. The zero-order chi connectivity index (χ0) is 14.5. The molecule has 0 saturated heterocycles. The van der Waals surface area contributed by atoms with Crippen molar-refractivity contribution < 1.29 is 14.7 Å². The van der Waals surface area contributed by atoms with Crippen LogP contribution in [0.3, 0.4) is 0 Å². The summed E-state index contributed by atoms with van der Waals surface area (Å²) in [6.07, 6.45) is 3.62. The minimum absolute atomic E-state index is 0.0305. The van der Waals surface area contributed by atoms with Crippen molar-refractivity contribution in [1.82, 2.24) is 5.32 Å². The molecule has 20 heavy (non-hydrogen) atoms. The van der Waals surface area contributed by atoms with Crippen LogP contribution in [0.15, 0.2) is 24.3 Å². The molecule has 0 aromatic heterocycles. The molecule has 4 N–H and O–H groups in total. The summed E-state index contributed by atoms with van der Waals surface area (Å²) < 4.78 is 0. The van der Waals surface area contributed by atoms with E-state index in [-0.39, 0.29) is 11.8 Å². The van der Waals surface area contributed by atoms with Crippen LogP contribution in [0, 0.1) is 5.92 Å². The normalized spacial score (nSPS) is 22.4. The first-order valence-corrected chi connectivity index (χ1v) is 6.91. The molecule has 1 aromatic carbocycles. The van der Waals surface area contributed by atoms with Crippen LogP contribution in [0.5, 0.6) is 0 Å². The monoisotopic (exact) mass is 276 g/mol. The van der Waals surface area contributed by atoms with E-state index in [2.05, 4.69) is 5.32 Å². The second-order valence-corrected chi connectivity index (χ2v) is 5.33. The van der Waals surface area contributed by atoms with Gasteiger partial charge < -0.3 is 16.2 Å². The lowest BCUT2D eigenvalue weighted by Crippen LogP contribution is -2.36. The van der Waals surface area contributed by atoms with Gasteiger partial charge in [0.1, 0.15) is 0 Å². The Morgan fingerprint density at radius 1 is 1.15 bits per heavy atom. The average molecular weight is 276 g/mol. The quantitative estimate of drug-likeness (QED) is 0.760. The van der Waals surface area contributed by atoms with E-state index in [1.165, 1.54) is 0 Å². The van der Waals surface area contributed by atoms with Crippen LogP contribution in [-0.4, -0.2) is 23.0 Å². The molecule has 2 rings (SSSR count). The van der Waals surface area contributed by atoms with Gasteiger partial charge in [0, 0.05) is 18.5 Å². The number of benzene rings is 1. The Morgan fingerprint density at radius 3 is 2.25 bits per heavy atom. The fourth-order valence-corrected chi connectivity index (χ4v) is 2.61. The largest absolute Gasteiger partial charge is 0.478 e. The number of carbonyl (C=O) groups is 2. The Kier molecular flexibility index (Phi) is 4.74. The number of rotatable bonds is 5. The summed E-state index contributed by atoms with van der Waals surface area (Å²) in [5, 5.41) is 12.3. The number of carbonyl (C=O) groups excluding carboxylic acids is 1. The van der Waals surface area contributed by atoms with E-state index in [1.54, 1.807) is 12.1 Å². The number of aromatic carboxylic acids is 1. The van der Waals surface area contributed by atoms with Crippen molar-refractivity contribution in [3.8, 4) is 0 Å². The molecule has 1 aliphatic carbocycles. The van der Waals surface area contributed by atoms with E-state index in [0.29, 0.717) is 18.2 Å². The summed E-state index contributed by atoms with van der Waals surface area (Å²) >= 11 is 0. The Balaban J connectivity index is 1.78. The maximum absolute atomic E-state index is 11.1. The van der Waals surface area contributed by atoms with E-state index in [1.807, 2.05) is 12.1 Å². The number of nitrogens with two attached hydrogens (primary N) is 1. The SMILES string of the molecule is NC(=O)C1CCC(NCc2ccc(C(=O)O)cc2)CC1. The fraction of sp³-hybridized carbons (Fsp3) is 0.467. The van der Waals surface area contributed by atoms with Gasteiger partial charge in [0.05, 0.1) is 5.56 Å². The third kappa shape index (κ3) is 3.81. The minimum atomic E-state index is -0.908. The molecule has 0 heterocycles. The zero-order valence-electron chi connectivity index (χ0n) is 11.3. The molecule has 0 aliphatic heterocycles. The predicted molar refractivity (Wildman–Crippen MR) is 75.2 cm³/mol. The van der Waals surface area contributed by atoms with Gasteiger partial charge in [-0.1, -0.05) is 12.1 Å². The highest BCUT2D eigenvalue weighted by Crippen LogP contribution is 2.24. The fourth-order valence-electron chi connectivity index (χ4n) is 2.61. The molecule has 1 fully saturated rings. The van der Waals surface area contributed by atoms with Crippen molar-refractivity contribution in [2.75, 3.05) is 0 Å². The van der Waals surface area contributed by atoms with Crippen LogP contribution in [-0.2, 0) is 11.3 Å². The highest BCUT2D eigenvalue weighted by Gasteiger charge is 2.24. The Hall–Kier alpha value is -1.88. The second kappa shape index (κ2) is 6.52. The van der Waals surface area contributed by atoms with E-state index < -0.39 is 5.97 Å². The lowest BCUT2D eigenvalue weighted by Gasteiger charge is -2.27. The van der Waals surface area contributed by atoms with Gasteiger partial charge >= 0.3 is 5.97 Å². The summed E-state index contributed by atoms with van der Waals surface area (Å²) in [5.41, 5.74) is 6.67. The van der Waals surface area contributed by atoms with Crippen molar-refractivity contribution >= 4 is 11.9 Å². The summed E-state index contributed by atoms with van der Waals surface area (Å²) in [6, 6.07) is 7.29. The van der Waals surface area contributed by atoms with Gasteiger partial charge in [0.25, 0.3) is 0 Å². The van der Waals surface area contributed by atoms with Gasteiger partial charge in [0.2, 0.25) is 5.91 Å². The Labute approximate surface area is 118 Å². The van der Waals surface area contributed by atoms with Crippen LogP contribution in [0.2, 0.25) is 0 Å². The van der Waals surface area contributed by atoms with Crippen molar-refractivity contribution in [2.24, 2.45) is 11.7 Å². The number of primary amides is 1. The van der Waals surface area contributed by atoms with Gasteiger partial charge in [-0.25, -0.2) is 4.79 Å². The highest BCUT2D eigenvalue weighted by atomic mass is 16.4. The van der Waals surface area contributed by atoms with Crippen molar-refractivity contribution in [3.63, 3.8) is 0 Å². The maximum Gasteiger partial charge on any atom is 0.335 e. The molecule has 5 nitrogen and oxygen atoms in total. The molecule has 1 saturated carbocycles. The van der Waals surface area contributed by atoms with Crippen molar-refractivity contribution in [3.05, 3.63) is 35.4 Å². The van der Waals surface area contributed by atoms with Crippen LogP contribution in [0.4, 0.5) is 0 Å². The number of carboxylic acids is 1. The average Bonchev–Trinajstić information content (AvgIpc) is 2.46. The van der Waals surface area contributed by atoms with Crippen LogP contribution >= 0.6 is 0 Å². The molecule has 0 atom stereocenters. The van der Waals surface area contributed by atoms with Gasteiger partial charge in [-0.15, -0.1) is 0 Å². The minimum Gasteiger partial charge on any atom is -0.478 e. The van der Waals surface area contributed by atoms with Crippen molar-refractivity contribution in [1.29, 1.82) is 0 Å². The molecule has 108 valence electrons.